The summed E-state index contributed by atoms with van der Waals surface area (Å²) >= 11 is 6.04. The van der Waals surface area contributed by atoms with Crippen molar-refractivity contribution in [3.8, 4) is 0 Å². The second kappa shape index (κ2) is 3.34. The van der Waals surface area contributed by atoms with Crippen LogP contribution >= 0.6 is 11.6 Å². The second-order valence-electron chi connectivity index (χ2n) is 4.59. The van der Waals surface area contributed by atoms with Gasteiger partial charge in [-0.05, 0) is 42.0 Å². The largest absolute Gasteiger partial charge is 0.0840 e. The van der Waals surface area contributed by atoms with Crippen molar-refractivity contribution in [3.05, 3.63) is 33.8 Å². The number of benzene rings is 1. The summed E-state index contributed by atoms with van der Waals surface area (Å²) in [5, 5.41) is 0.866. The van der Waals surface area contributed by atoms with Gasteiger partial charge in [-0.15, -0.1) is 0 Å². The van der Waals surface area contributed by atoms with Crippen LogP contribution in [0.3, 0.4) is 0 Å². The molecule has 0 nitrogen and oxygen atoms in total. The molecule has 0 radical (unpaired) electrons. The lowest BCUT2D eigenvalue weighted by molar-refractivity contribution is 0.585. The van der Waals surface area contributed by atoms with E-state index < -0.39 is 0 Å². The van der Waals surface area contributed by atoms with Gasteiger partial charge in [-0.1, -0.05) is 38.4 Å². The monoisotopic (exact) mass is 196 g/mol. The molecule has 0 aliphatic carbocycles. The van der Waals surface area contributed by atoms with Crippen LogP contribution in [0.1, 0.15) is 37.5 Å². The molecule has 0 atom stereocenters. The van der Waals surface area contributed by atoms with Gasteiger partial charge in [-0.2, -0.15) is 0 Å². The maximum atomic E-state index is 6.04. The van der Waals surface area contributed by atoms with Crippen LogP contribution in [0.5, 0.6) is 0 Å². The maximum absolute atomic E-state index is 6.04. The highest BCUT2D eigenvalue weighted by Crippen LogP contribution is 2.30. The Morgan fingerprint density at radius 3 is 2.00 bits per heavy atom. The number of halogens is 1. The minimum absolute atomic E-state index is 0.208. The maximum Gasteiger partial charge on any atom is 0.0438 e. The molecule has 0 N–H and O–H groups in total. The first-order chi connectivity index (χ1) is 5.84. The fourth-order valence-corrected chi connectivity index (χ4v) is 1.80. The van der Waals surface area contributed by atoms with E-state index in [0.29, 0.717) is 0 Å². The zero-order valence-electron chi connectivity index (χ0n) is 9.03. The van der Waals surface area contributed by atoms with Gasteiger partial charge in [0.15, 0.2) is 0 Å². The Morgan fingerprint density at radius 1 is 1.00 bits per heavy atom. The van der Waals surface area contributed by atoms with Crippen LogP contribution in [0.15, 0.2) is 12.1 Å². The molecule has 0 fully saturated rings. The van der Waals surface area contributed by atoms with Gasteiger partial charge in [0.2, 0.25) is 0 Å². The molecule has 72 valence electrons. The van der Waals surface area contributed by atoms with Crippen LogP contribution in [-0.2, 0) is 5.41 Å². The molecule has 1 aromatic rings. The normalized spacial score (nSPS) is 11.8. The van der Waals surface area contributed by atoms with Crippen molar-refractivity contribution < 1.29 is 0 Å². The van der Waals surface area contributed by atoms with Crippen LogP contribution in [0.4, 0.5) is 0 Å². The van der Waals surface area contributed by atoms with E-state index in [4.69, 9.17) is 11.6 Å². The average Bonchev–Trinajstić information content (AvgIpc) is 1.98. The molecule has 0 unspecified atom stereocenters. The summed E-state index contributed by atoms with van der Waals surface area (Å²) in [5.41, 5.74) is 4.11. The van der Waals surface area contributed by atoms with Crippen LogP contribution in [0.25, 0.3) is 0 Å². The van der Waals surface area contributed by atoms with E-state index >= 15 is 0 Å². The molecule has 0 heterocycles. The second-order valence-corrected chi connectivity index (χ2v) is 5.00. The van der Waals surface area contributed by atoms with E-state index in [2.05, 4.69) is 40.7 Å². The van der Waals surface area contributed by atoms with Crippen molar-refractivity contribution >= 4 is 11.6 Å². The molecule has 0 aliphatic rings. The Hall–Kier alpha value is -0.490. The lowest BCUT2D eigenvalue weighted by atomic mass is 9.83. The van der Waals surface area contributed by atoms with Crippen LogP contribution < -0.4 is 0 Å². The molecule has 1 rings (SSSR count). The Morgan fingerprint density at radius 2 is 1.54 bits per heavy atom. The highest BCUT2D eigenvalue weighted by atomic mass is 35.5. The molecule has 13 heavy (non-hydrogen) atoms. The first-order valence-corrected chi connectivity index (χ1v) is 4.98. The first kappa shape index (κ1) is 10.6. The third-order valence-electron chi connectivity index (χ3n) is 2.53. The van der Waals surface area contributed by atoms with Crippen molar-refractivity contribution in [2.75, 3.05) is 0 Å². The van der Waals surface area contributed by atoms with E-state index in [1.165, 1.54) is 16.7 Å². The highest BCUT2D eigenvalue weighted by molar-refractivity contribution is 6.31. The van der Waals surface area contributed by atoms with Crippen molar-refractivity contribution in [2.24, 2.45) is 0 Å². The Kier molecular flexibility index (Phi) is 2.72. The SMILES string of the molecule is Cc1c(Cl)ccc(C(C)(C)C)c1C. The molecule has 1 aromatic carbocycles. The molecule has 0 amide bonds. The number of hydrogen-bond acceptors (Lipinski definition) is 0. The summed E-state index contributed by atoms with van der Waals surface area (Å²) < 4.78 is 0. The summed E-state index contributed by atoms with van der Waals surface area (Å²) in [6.45, 7) is 10.9. The molecule has 0 spiro atoms. The molecule has 0 aliphatic heterocycles. The summed E-state index contributed by atoms with van der Waals surface area (Å²) in [6.07, 6.45) is 0. The Bertz CT molecular complexity index is 319. The fourth-order valence-electron chi connectivity index (χ4n) is 1.60. The van der Waals surface area contributed by atoms with Crippen molar-refractivity contribution in [3.63, 3.8) is 0 Å². The predicted octanol–water partition coefficient (Wildman–Crippen LogP) is 4.25. The number of hydrogen-bond donors (Lipinski definition) is 0. The Labute approximate surface area is 85.9 Å². The minimum Gasteiger partial charge on any atom is -0.0840 e. The topological polar surface area (TPSA) is 0 Å². The Balaban J connectivity index is 3.35. The average molecular weight is 197 g/mol. The van der Waals surface area contributed by atoms with Crippen molar-refractivity contribution in [2.45, 2.75) is 40.0 Å². The van der Waals surface area contributed by atoms with E-state index in [0.717, 1.165) is 5.02 Å². The van der Waals surface area contributed by atoms with E-state index in [1.54, 1.807) is 0 Å². The van der Waals surface area contributed by atoms with E-state index in [-0.39, 0.29) is 5.41 Å². The quantitative estimate of drug-likeness (QED) is 0.582. The minimum atomic E-state index is 0.208. The first-order valence-electron chi connectivity index (χ1n) is 4.60. The van der Waals surface area contributed by atoms with Gasteiger partial charge in [0.1, 0.15) is 0 Å². The van der Waals surface area contributed by atoms with Crippen LogP contribution in [0, 0.1) is 13.8 Å². The van der Waals surface area contributed by atoms with Gasteiger partial charge in [0.05, 0.1) is 0 Å². The standard InChI is InChI=1S/C12H17Cl/c1-8-9(2)11(13)7-6-10(8)12(3,4)5/h6-7H,1-5H3. The van der Waals surface area contributed by atoms with E-state index in [1.807, 2.05) is 6.07 Å². The smallest absolute Gasteiger partial charge is 0.0438 e. The number of rotatable bonds is 0. The van der Waals surface area contributed by atoms with Gasteiger partial charge in [-0.25, -0.2) is 0 Å². The molecule has 0 bridgehead atoms. The third-order valence-corrected chi connectivity index (χ3v) is 2.94. The van der Waals surface area contributed by atoms with Gasteiger partial charge in [-0.3, -0.25) is 0 Å². The lowest BCUT2D eigenvalue weighted by Gasteiger charge is -2.23. The van der Waals surface area contributed by atoms with E-state index in [9.17, 15) is 0 Å². The van der Waals surface area contributed by atoms with Gasteiger partial charge in [0, 0.05) is 5.02 Å². The summed E-state index contributed by atoms with van der Waals surface area (Å²) in [6, 6.07) is 4.12. The zero-order chi connectivity index (χ0) is 10.2. The summed E-state index contributed by atoms with van der Waals surface area (Å²) in [4.78, 5) is 0. The van der Waals surface area contributed by atoms with Crippen LogP contribution in [-0.4, -0.2) is 0 Å². The zero-order valence-corrected chi connectivity index (χ0v) is 9.79. The van der Waals surface area contributed by atoms with Crippen LogP contribution in [0.2, 0.25) is 5.02 Å². The summed E-state index contributed by atoms with van der Waals surface area (Å²) in [7, 11) is 0. The summed E-state index contributed by atoms with van der Waals surface area (Å²) in [5.74, 6) is 0. The highest BCUT2D eigenvalue weighted by Gasteiger charge is 2.17. The van der Waals surface area contributed by atoms with Crippen molar-refractivity contribution in [1.82, 2.24) is 0 Å². The molecule has 0 saturated carbocycles. The molecule has 0 saturated heterocycles. The lowest BCUT2D eigenvalue weighted by Crippen LogP contribution is -2.13. The molecule has 1 heteroatoms. The van der Waals surface area contributed by atoms with Crippen molar-refractivity contribution in [1.29, 1.82) is 0 Å². The predicted molar refractivity (Wildman–Crippen MR) is 59.6 cm³/mol. The fraction of sp³-hybridized carbons (Fsp3) is 0.500. The van der Waals surface area contributed by atoms with Gasteiger partial charge < -0.3 is 0 Å². The van der Waals surface area contributed by atoms with Gasteiger partial charge >= 0.3 is 0 Å². The molecular formula is C12H17Cl. The molecular weight excluding hydrogens is 180 g/mol. The third kappa shape index (κ3) is 2.05. The molecule has 0 aromatic heterocycles. The van der Waals surface area contributed by atoms with Gasteiger partial charge in [0.25, 0.3) is 0 Å².